The third kappa shape index (κ3) is 3.24. The molecule has 0 amide bonds. The predicted octanol–water partition coefficient (Wildman–Crippen LogP) is 0.0463. The summed E-state index contributed by atoms with van der Waals surface area (Å²) in [6, 6.07) is 1.68. The Hall–Kier alpha value is -2.51. The first-order valence-corrected chi connectivity index (χ1v) is 5.69. The molecule has 19 heavy (non-hydrogen) atoms. The summed E-state index contributed by atoms with van der Waals surface area (Å²) in [4.78, 5) is 19.1. The fourth-order valence-electron chi connectivity index (χ4n) is 1.48. The minimum atomic E-state index is -0.558. The van der Waals surface area contributed by atoms with Crippen LogP contribution in [-0.2, 0) is 18.2 Å². The first kappa shape index (κ1) is 12.9. The van der Waals surface area contributed by atoms with Crippen LogP contribution in [0.5, 0.6) is 0 Å². The summed E-state index contributed by atoms with van der Waals surface area (Å²) in [5, 5.41) is 10.9. The van der Waals surface area contributed by atoms with Gasteiger partial charge in [0, 0.05) is 26.2 Å². The minimum absolute atomic E-state index is 0.0335. The molecule has 0 fully saturated rings. The van der Waals surface area contributed by atoms with Gasteiger partial charge in [-0.15, -0.1) is 10.2 Å². The lowest BCUT2D eigenvalue weighted by atomic mass is 10.4. The molecule has 2 rings (SSSR count). The lowest BCUT2D eigenvalue weighted by molar-refractivity contribution is 0.0587. The van der Waals surface area contributed by atoms with Crippen molar-refractivity contribution in [1.29, 1.82) is 0 Å². The van der Waals surface area contributed by atoms with Crippen molar-refractivity contribution in [2.75, 3.05) is 19.0 Å². The van der Waals surface area contributed by atoms with Gasteiger partial charge in [-0.2, -0.15) is 0 Å². The molecule has 0 spiro atoms. The molecule has 0 radical (unpaired) electrons. The van der Waals surface area contributed by atoms with Crippen LogP contribution in [0, 0.1) is 0 Å². The number of nitrogens with zero attached hydrogens (tertiary/aromatic N) is 5. The van der Waals surface area contributed by atoms with Gasteiger partial charge < -0.3 is 14.6 Å². The molecule has 0 aromatic carbocycles. The number of esters is 1. The Kier molecular flexibility index (Phi) is 4.01. The molecule has 0 unspecified atom stereocenters. The van der Waals surface area contributed by atoms with E-state index in [4.69, 9.17) is 0 Å². The van der Waals surface area contributed by atoms with Crippen LogP contribution in [0.1, 0.15) is 16.4 Å². The molecule has 0 saturated carbocycles. The fourth-order valence-corrected chi connectivity index (χ4v) is 1.48. The van der Waals surface area contributed by atoms with Crippen molar-refractivity contribution in [3.05, 3.63) is 30.2 Å². The van der Waals surface area contributed by atoms with Crippen molar-refractivity contribution in [2.45, 2.75) is 6.42 Å². The maximum absolute atomic E-state index is 11.3. The number of carbonyl (C=O) groups is 1. The molecule has 8 heteroatoms. The van der Waals surface area contributed by atoms with Crippen LogP contribution in [-0.4, -0.2) is 44.4 Å². The Balaban J connectivity index is 1.93. The van der Waals surface area contributed by atoms with E-state index in [9.17, 15) is 4.79 Å². The van der Waals surface area contributed by atoms with Crippen LogP contribution in [0.3, 0.4) is 0 Å². The number of aromatic nitrogens is 5. The number of hydrogen-bond acceptors (Lipinski definition) is 7. The third-order valence-electron chi connectivity index (χ3n) is 2.48. The van der Waals surface area contributed by atoms with Gasteiger partial charge in [-0.05, 0) is 6.07 Å². The van der Waals surface area contributed by atoms with Crippen LogP contribution in [0.4, 0.5) is 5.82 Å². The Bertz CT molecular complexity index is 568. The summed E-state index contributed by atoms with van der Waals surface area (Å²) >= 11 is 0. The highest BCUT2D eigenvalue weighted by Gasteiger charge is 2.09. The van der Waals surface area contributed by atoms with E-state index in [1.165, 1.54) is 13.3 Å². The number of methoxy groups -OCH3 is 1. The number of anilines is 1. The first-order valence-electron chi connectivity index (χ1n) is 5.69. The van der Waals surface area contributed by atoms with Crippen molar-refractivity contribution in [3.63, 3.8) is 0 Å². The summed E-state index contributed by atoms with van der Waals surface area (Å²) in [5.41, 5.74) is 0. The van der Waals surface area contributed by atoms with E-state index < -0.39 is 5.97 Å². The zero-order valence-electron chi connectivity index (χ0n) is 10.7. The summed E-state index contributed by atoms with van der Waals surface area (Å²) in [5.74, 6) is 0.912. The van der Waals surface area contributed by atoms with Crippen LogP contribution in [0.25, 0.3) is 0 Å². The molecular formula is C11H14N6O2. The lowest BCUT2D eigenvalue weighted by Crippen LogP contribution is -2.12. The molecule has 2 heterocycles. The Morgan fingerprint density at radius 3 is 3.05 bits per heavy atom. The molecule has 100 valence electrons. The smallest absolute Gasteiger partial charge is 0.376 e. The second-order valence-corrected chi connectivity index (χ2v) is 3.79. The highest BCUT2D eigenvalue weighted by atomic mass is 16.5. The van der Waals surface area contributed by atoms with E-state index in [0.717, 1.165) is 5.82 Å². The van der Waals surface area contributed by atoms with E-state index in [0.29, 0.717) is 18.8 Å². The van der Waals surface area contributed by atoms with Crippen LogP contribution >= 0.6 is 0 Å². The quantitative estimate of drug-likeness (QED) is 0.760. The molecule has 0 saturated heterocycles. The molecule has 0 aliphatic rings. The van der Waals surface area contributed by atoms with Gasteiger partial charge >= 0.3 is 5.97 Å². The Labute approximate surface area is 109 Å². The van der Waals surface area contributed by atoms with Gasteiger partial charge in [-0.25, -0.2) is 14.8 Å². The summed E-state index contributed by atoms with van der Waals surface area (Å²) in [6.45, 7) is 0.629. The monoisotopic (exact) mass is 262 g/mol. The van der Waals surface area contributed by atoms with Crippen LogP contribution in [0.2, 0.25) is 0 Å². The number of ether oxygens (including phenoxy) is 1. The summed E-state index contributed by atoms with van der Waals surface area (Å²) in [6.07, 6.45) is 3.85. The van der Waals surface area contributed by atoms with E-state index in [-0.39, 0.29) is 5.82 Å². The van der Waals surface area contributed by atoms with Gasteiger partial charge in [-0.1, -0.05) is 0 Å². The van der Waals surface area contributed by atoms with E-state index in [1.54, 1.807) is 12.4 Å². The van der Waals surface area contributed by atoms with Gasteiger partial charge in [0.1, 0.15) is 18.0 Å². The summed E-state index contributed by atoms with van der Waals surface area (Å²) in [7, 11) is 3.18. The highest BCUT2D eigenvalue weighted by Crippen LogP contribution is 2.03. The molecule has 0 aliphatic carbocycles. The average Bonchev–Trinajstić information content (AvgIpc) is 2.84. The minimum Gasteiger partial charge on any atom is -0.463 e. The number of carbonyl (C=O) groups excluding carboxylic acids is 1. The molecule has 8 nitrogen and oxygen atoms in total. The van der Waals surface area contributed by atoms with Crippen molar-refractivity contribution in [2.24, 2.45) is 7.05 Å². The Morgan fingerprint density at radius 2 is 2.37 bits per heavy atom. The van der Waals surface area contributed by atoms with E-state index in [2.05, 4.69) is 30.2 Å². The third-order valence-corrected chi connectivity index (χ3v) is 2.48. The largest absolute Gasteiger partial charge is 0.463 e. The normalized spacial score (nSPS) is 10.2. The number of nitrogens with one attached hydrogen (secondary N) is 1. The number of rotatable bonds is 5. The fraction of sp³-hybridized carbons (Fsp3) is 0.364. The van der Waals surface area contributed by atoms with Gasteiger partial charge in [0.15, 0.2) is 0 Å². The molecule has 1 N–H and O–H groups in total. The molecular weight excluding hydrogens is 248 g/mol. The molecule has 0 bridgehead atoms. The number of hydrogen-bond donors (Lipinski definition) is 1. The predicted molar refractivity (Wildman–Crippen MR) is 66.6 cm³/mol. The maximum atomic E-state index is 11.3. The van der Waals surface area contributed by atoms with E-state index >= 15 is 0 Å². The zero-order chi connectivity index (χ0) is 13.7. The second-order valence-electron chi connectivity index (χ2n) is 3.79. The zero-order valence-corrected chi connectivity index (χ0v) is 10.7. The highest BCUT2D eigenvalue weighted by molar-refractivity contribution is 5.85. The Morgan fingerprint density at radius 1 is 1.53 bits per heavy atom. The SMILES string of the molecule is COC(=O)c1nccc(NCCc2nncn2C)n1. The van der Waals surface area contributed by atoms with Crippen molar-refractivity contribution >= 4 is 11.8 Å². The second kappa shape index (κ2) is 5.89. The summed E-state index contributed by atoms with van der Waals surface area (Å²) < 4.78 is 6.41. The topological polar surface area (TPSA) is 94.8 Å². The van der Waals surface area contributed by atoms with Crippen LogP contribution in [0.15, 0.2) is 18.6 Å². The maximum Gasteiger partial charge on any atom is 0.376 e. The van der Waals surface area contributed by atoms with E-state index in [1.807, 2.05) is 11.6 Å². The standard InChI is InChI=1S/C11H14N6O2/c1-17-7-14-16-9(17)4-6-12-8-3-5-13-10(15-8)11(18)19-2/h3,5,7H,4,6H2,1-2H3,(H,12,13,15). The van der Waals surface area contributed by atoms with Gasteiger partial charge in [0.2, 0.25) is 5.82 Å². The average molecular weight is 262 g/mol. The van der Waals surface area contributed by atoms with Gasteiger partial charge in [0.25, 0.3) is 0 Å². The molecule has 0 aliphatic heterocycles. The van der Waals surface area contributed by atoms with Crippen molar-refractivity contribution in [1.82, 2.24) is 24.7 Å². The molecule has 0 atom stereocenters. The van der Waals surface area contributed by atoms with Crippen LogP contribution < -0.4 is 5.32 Å². The van der Waals surface area contributed by atoms with Crippen molar-refractivity contribution < 1.29 is 9.53 Å². The first-order chi connectivity index (χ1) is 9.20. The lowest BCUT2D eigenvalue weighted by Gasteiger charge is -2.05. The number of aryl methyl sites for hydroxylation is 1. The molecule has 2 aromatic rings. The van der Waals surface area contributed by atoms with Gasteiger partial charge in [0.05, 0.1) is 7.11 Å². The van der Waals surface area contributed by atoms with Gasteiger partial charge in [-0.3, -0.25) is 0 Å². The molecule has 2 aromatic heterocycles. The van der Waals surface area contributed by atoms with Crippen molar-refractivity contribution in [3.8, 4) is 0 Å².